The van der Waals surface area contributed by atoms with Crippen molar-refractivity contribution in [3.8, 4) is 6.07 Å². The lowest BCUT2D eigenvalue weighted by Gasteiger charge is -2.14. The average Bonchev–Trinajstić information content (AvgIpc) is 2.90. The second-order valence-corrected chi connectivity index (χ2v) is 4.34. The van der Waals surface area contributed by atoms with Gasteiger partial charge in [0.2, 0.25) is 6.10 Å². The minimum Gasteiger partial charge on any atom is -0.442 e. The summed E-state index contributed by atoms with van der Waals surface area (Å²) in [5, 5.41) is 9.04. The number of carbonyl (C=O) groups is 1. The molecule has 0 N–H and O–H groups in total. The van der Waals surface area contributed by atoms with Gasteiger partial charge in [-0.1, -0.05) is 43.2 Å². The molecule has 0 heterocycles. The van der Waals surface area contributed by atoms with E-state index in [0.717, 1.165) is 31.2 Å². The van der Waals surface area contributed by atoms with Crippen molar-refractivity contribution < 1.29 is 9.53 Å². The number of rotatable bonds is 3. The van der Waals surface area contributed by atoms with E-state index in [1.807, 2.05) is 24.3 Å². The van der Waals surface area contributed by atoms with Crippen LogP contribution in [0.25, 0.3) is 0 Å². The van der Waals surface area contributed by atoms with Crippen molar-refractivity contribution in [1.29, 1.82) is 5.26 Å². The minimum atomic E-state index is -0.774. The van der Waals surface area contributed by atoms with Crippen LogP contribution in [0.1, 0.15) is 37.4 Å². The quantitative estimate of drug-likeness (QED) is 0.749. The molecule has 17 heavy (non-hydrogen) atoms. The molecule has 1 atom stereocenters. The van der Waals surface area contributed by atoms with Crippen molar-refractivity contribution in [3.63, 3.8) is 0 Å². The standard InChI is InChI=1S/C14H15NO2/c15-10-13(11-6-2-1-3-7-11)17-14(16)12-8-4-5-9-12/h1-3,6-7,12-13H,4-5,8-9H2. The molecule has 0 aliphatic heterocycles. The lowest BCUT2D eigenvalue weighted by atomic mass is 10.1. The zero-order valence-electron chi connectivity index (χ0n) is 9.63. The number of hydrogen-bond acceptors (Lipinski definition) is 3. The molecule has 1 saturated carbocycles. The van der Waals surface area contributed by atoms with Crippen LogP contribution in [-0.2, 0) is 9.53 Å². The molecule has 0 amide bonds. The van der Waals surface area contributed by atoms with E-state index in [0.29, 0.717) is 0 Å². The third-order valence-electron chi connectivity index (χ3n) is 3.14. The predicted molar refractivity (Wildman–Crippen MR) is 62.8 cm³/mol. The molecular formula is C14H15NO2. The summed E-state index contributed by atoms with van der Waals surface area (Å²) in [6, 6.07) is 11.2. The fourth-order valence-corrected chi connectivity index (χ4v) is 2.17. The van der Waals surface area contributed by atoms with Crippen LogP contribution in [0.2, 0.25) is 0 Å². The Balaban J connectivity index is 2.01. The second-order valence-electron chi connectivity index (χ2n) is 4.34. The van der Waals surface area contributed by atoms with E-state index in [-0.39, 0.29) is 11.9 Å². The van der Waals surface area contributed by atoms with E-state index in [1.54, 1.807) is 12.1 Å². The molecule has 0 aromatic heterocycles. The Morgan fingerprint density at radius 1 is 1.29 bits per heavy atom. The van der Waals surface area contributed by atoms with Gasteiger partial charge in [0.15, 0.2) is 0 Å². The largest absolute Gasteiger partial charge is 0.442 e. The molecule has 1 aliphatic carbocycles. The number of nitrogens with zero attached hydrogens (tertiary/aromatic N) is 1. The van der Waals surface area contributed by atoms with Crippen LogP contribution in [0.4, 0.5) is 0 Å². The number of benzene rings is 1. The van der Waals surface area contributed by atoms with Crippen LogP contribution in [0.5, 0.6) is 0 Å². The van der Waals surface area contributed by atoms with Crippen LogP contribution >= 0.6 is 0 Å². The molecule has 0 radical (unpaired) electrons. The number of carbonyl (C=O) groups excluding carboxylic acids is 1. The van der Waals surface area contributed by atoms with Crippen molar-refractivity contribution in [2.75, 3.05) is 0 Å². The van der Waals surface area contributed by atoms with E-state index in [2.05, 4.69) is 0 Å². The number of ether oxygens (including phenoxy) is 1. The maximum Gasteiger partial charge on any atom is 0.310 e. The van der Waals surface area contributed by atoms with Crippen LogP contribution in [-0.4, -0.2) is 5.97 Å². The molecule has 2 rings (SSSR count). The molecule has 0 saturated heterocycles. The summed E-state index contributed by atoms with van der Waals surface area (Å²) in [7, 11) is 0. The lowest BCUT2D eigenvalue weighted by molar-refractivity contribution is -0.151. The Morgan fingerprint density at radius 3 is 2.53 bits per heavy atom. The Hall–Kier alpha value is -1.82. The fourth-order valence-electron chi connectivity index (χ4n) is 2.17. The molecule has 88 valence electrons. The van der Waals surface area contributed by atoms with E-state index >= 15 is 0 Å². The van der Waals surface area contributed by atoms with Crippen molar-refractivity contribution in [2.45, 2.75) is 31.8 Å². The van der Waals surface area contributed by atoms with E-state index in [1.165, 1.54) is 0 Å². The average molecular weight is 229 g/mol. The van der Waals surface area contributed by atoms with Gasteiger partial charge in [0, 0.05) is 5.56 Å². The fraction of sp³-hybridized carbons (Fsp3) is 0.429. The minimum absolute atomic E-state index is 0.00503. The first kappa shape index (κ1) is 11.7. The topological polar surface area (TPSA) is 50.1 Å². The number of nitriles is 1. The zero-order chi connectivity index (χ0) is 12.1. The summed E-state index contributed by atoms with van der Waals surface area (Å²) < 4.78 is 5.27. The summed E-state index contributed by atoms with van der Waals surface area (Å²) in [6.45, 7) is 0. The molecule has 0 spiro atoms. The molecule has 1 aromatic rings. The van der Waals surface area contributed by atoms with Gasteiger partial charge in [0.05, 0.1) is 5.92 Å². The highest BCUT2D eigenvalue weighted by Crippen LogP contribution is 2.28. The van der Waals surface area contributed by atoms with Gasteiger partial charge in [-0.2, -0.15) is 5.26 Å². The van der Waals surface area contributed by atoms with Gasteiger partial charge in [-0.05, 0) is 12.8 Å². The predicted octanol–water partition coefficient (Wildman–Crippen LogP) is 2.98. The number of hydrogen-bond donors (Lipinski definition) is 0. The summed E-state index contributed by atoms with van der Waals surface area (Å²) in [4.78, 5) is 11.8. The van der Waals surface area contributed by atoms with Gasteiger partial charge in [-0.25, -0.2) is 0 Å². The summed E-state index contributed by atoms with van der Waals surface area (Å²) in [6.07, 6.45) is 3.19. The molecule has 3 nitrogen and oxygen atoms in total. The Morgan fingerprint density at radius 2 is 1.94 bits per heavy atom. The Kier molecular flexibility index (Phi) is 3.77. The van der Waals surface area contributed by atoms with Gasteiger partial charge in [-0.3, -0.25) is 4.79 Å². The second kappa shape index (κ2) is 5.49. The maximum atomic E-state index is 11.8. The molecule has 1 aromatic carbocycles. The smallest absolute Gasteiger partial charge is 0.310 e. The molecular weight excluding hydrogens is 214 g/mol. The third kappa shape index (κ3) is 2.85. The van der Waals surface area contributed by atoms with Crippen LogP contribution < -0.4 is 0 Å². The monoisotopic (exact) mass is 229 g/mol. The first-order valence-electron chi connectivity index (χ1n) is 5.96. The lowest BCUT2D eigenvalue weighted by Crippen LogP contribution is -2.17. The van der Waals surface area contributed by atoms with E-state index < -0.39 is 6.10 Å². The van der Waals surface area contributed by atoms with Crippen molar-refractivity contribution in [1.82, 2.24) is 0 Å². The highest BCUT2D eigenvalue weighted by atomic mass is 16.5. The van der Waals surface area contributed by atoms with Crippen molar-refractivity contribution in [2.24, 2.45) is 5.92 Å². The van der Waals surface area contributed by atoms with Gasteiger partial charge in [-0.15, -0.1) is 0 Å². The normalized spacial score (nSPS) is 17.4. The first-order valence-corrected chi connectivity index (χ1v) is 5.96. The van der Waals surface area contributed by atoms with Crippen molar-refractivity contribution in [3.05, 3.63) is 35.9 Å². The van der Waals surface area contributed by atoms with Gasteiger partial charge in [0.1, 0.15) is 6.07 Å². The summed E-state index contributed by atoms with van der Waals surface area (Å²) in [5.74, 6) is -0.229. The molecule has 1 unspecified atom stereocenters. The van der Waals surface area contributed by atoms with Gasteiger partial charge < -0.3 is 4.74 Å². The van der Waals surface area contributed by atoms with Crippen LogP contribution in [0.15, 0.2) is 30.3 Å². The Labute approximate surface area is 101 Å². The maximum absolute atomic E-state index is 11.8. The Bertz CT molecular complexity index is 416. The third-order valence-corrected chi connectivity index (χ3v) is 3.14. The van der Waals surface area contributed by atoms with Crippen LogP contribution in [0, 0.1) is 17.2 Å². The summed E-state index contributed by atoms with van der Waals surface area (Å²) >= 11 is 0. The molecule has 0 bridgehead atoms. The van der Waals surface area contributed by atoms with Gasteiger partial charge >= 0.3 is 5.97 Å². The molecule has 1 aliphatic rings. The van der Waals surface area contributed by atoms with E-state index in [4.69, 9.17) is 10.00 Å². The highest BCUT2D eigenvalue weighted by Gasteiger charge is 2.26. The zero-order valence-corrected chi connectivity index (χ0v) is 9.63. The summed E-state index contributed by atoms with van der Waals surface area (Å²) in [5.41, 5.74) is 0.737. The van der Waals surface area contributed by atoms with Gasteiger partial charge in [0.25, 0.3) is 0 Å². The SMILES string of the molecule is N#CC(OC(=O)C1CCCC1)c1ccccc1. The highest BCUT2D eigenvalue weighted by molar-refractivity contribution is 5.73. The molecule has 1 fully saturated rings. The number of esters is 1. The van der Waals surface area contributed by atoms with E-state index in [9.17, 15) is 4.79 Å². The van der Waals surface area contributed by atoms with Crippen molar-refractivity contribution >= 4 is 5.97 Å². The molecule has 3 heteroatoms. The first-order chi connectivity index (χ1) is 8.31. The van der Waals surface area contributed by atoms with Crippen LogP contribution in [0.3, 0.4) is 0 Å².